The van der Waals surface area contributed by atoms with Crippen LogP contribution >= 0.6 is 0 Å². The summed E-state index contributed by atoms with van der Waals surface area (Å²) < 4.78 is 246. The highest BCUT2D eigenvalue weighted by molar-refractivity contribution is 7.86. The second-order valence-electron chi connectivity index (χ2n) is 4.91. The van der Waals surface area contributed by atoms with Gasteiger partial charge in [-0.15, -0.1) is 13.2 Å². The van der Waals surface area contributed by atoms with Gasteiger partial charge in [-0.25, -0.2) is 13.2 Å². The van der Waals surface area contributed by atoms with Crippen LogP contribution in [0.3, 0.4) is 0 Å². The number of halogens is 17. The van der Waals surface area contributed by atoms with Crippen molar-refractivity contribution in [2.24, 2.45) is 0 Å². The molecule has 22 heteroatoms. The molecule has 0 radical (unpaired) electrons. The zero-order valence-corrected chi connectivity index (χ0v) is 13.3. The molecule has 0 atom stereocenters. The van der Waals surface area contributed by atoms with Gasteiger partial charge in [0.15, 0.2) is 10.1 Å². The summed E-state index contributed by atoms with van der Waals surface area (Å²) in [4.78, 5) is 0. The first-order valence-electron chi connectivity index (χ1n) is 5.83. The zero-order valence-electron chi connectivity index (χ0n) is 12.5. The minimum absolute atomic E-state index is 1.07. The third-order valence-electron chi connectivity index (χ3n) is 2.87. The lowest BCUT2D eigenvalue weighted by Crippen LogP contribution is -2.74. The summed E-state index contributed by atoms with van der Waals surface area (Å²) in [5.74, 6) is -43.4. The molecule has 182 valence electrons. The second kappa shape index (κ2) is 6.84. The van der Waals surface area contributed by atoms with Crippen molar-refractivity contribution in [2.45, 2.75) is 47.3 Å². The highest BCUT2D eigenvalue weighted by atomic mass is 32.2. The fourth-order valence-electron chi connectivity index (χ4n) is 1.32. The Morgan fingerprint density at radius 1 is 0.500 bits per heavy atom. The van der Waals surface area contributed by atoms with Crippen LogP contribution in [0.25, 0.3) is 0 Å². The van der Waals surface area contributed by atoms with Gasteiger partial charge in [0.2, 0.25) is 0 Å². The van der Waals surface area contributed by atoms with Crippen LogP contribution in [0, 0.1) is 0 Å². The van der Waals surface area contributed by atoms with Crippen molar-refractivity contribution >= 4 is 10.1 Å². The molecular formula is C8F17O4S-. The molecule has 0 N–H and O–H groups in total. The number of alkyl halides is 17. The smallest absolute Gasteiger partial charge is 0.527 e. The molecule has 0 aliphatic heterocycles. The Kier molecular flexibility index (Phi) is 6.54. The molecule has 4 nitrogen and oxygen atoms in total. The van der Waals surface area contributed by atoms with E-state index in [1.165, 1.54) is 0 Å². The average molecular weight is 515 g/mol. The lowest BCUT2D eigenvalue weighted by molar-refractivity contribution is -0.507. The van der Waals surface area contributed by atoms with Gasteiger partial charge in [-0.2, -0.15) is 61.5 Å². The van der Waals surface area contributed by atoms with E-state index >= 15 is 0 Å². The molecule has 0 aromatic carbocycles. The largest absolute Gasteiger partial charge is 0.743 e. The van der Waals surface area contributed by atoms with Crippen LogP contribution in [0.1, 0.15) is 0 Å². The first-order valence-corrected chi connectivity index (χ1v) is 7.23. The van der Waals surface area contributed by atoms with E-state index < -0.39 is 57.5 Å². The van der Waals surface area contributed by atoms with Gasteiger partial charge in [0.1, 0.15) is 0 Å². The SMILES string of the molecule is O=S(=O)([O-])C(F)(F)C(F)(F)C(F)(F)C(F)(F)C(F)(F)C(F)(F)C(F)(F)OC(F)(F)F. The predicted octanol–water partition coefficient (Wildman–Crippen LogP) is 4.43. The number of hydrogen-bond acceptors (Lipinski definition) is 4. The molecule has 0 fully saturated rings. The molecule has 0 amide bonds. The van der Waals surface area contributed by atoms with Gasteiger partial charge in [0.05, 0.1) is 0 Å². The van der Waals surface area contributed by atoms with Crippen molar-refractivity contribution in [3.05, 3.63) is 0 Å². The van der Waals surface area contributed by atoms with Crippen molar-refractivity contribution in [1.29, 1.82) is 0 Å². The molecule has 0 aliphatic carbocycles. The van der Waals surface area contributed by atoms with E-state index in [4.69, 9.17) is 0 Å². The lowest BCUT2D eigenvalue weighted by Gasteiger charge is -2.42. The second-order valence-corrected chi connectivity index (χ2v) is 6.33. The molecule has 0 spiro atoms. The summed E-state index contributed by atoms with van der Waals surface area (Å²) in [5, 5.41) is -7.94. The molecule has 0 rings (SSSR count). The molecule has 0 aromatic rings. The van der Waals surface area contributed by atoms with Crippen molar-refractivity contribution < 1.29 is 92.3 Å². The molecule has 0 heterocycles. The van der Waals surface area contributed by atoms with Gasteiger partial charge in [0, 0.05) is 0 Å². The van der Waals surface area contributed by atoms with Gasteiger partial charge in [-0.1, -0.05) is 0 Å². The van der Waals surface area contributed by atoms with Gasteiger partial charge in [-0.05, 0) is 0 Å². The molecular weight excluding hydrogens is 515 g/mol. The maximum atomic E-state index is 13.1. The van der Waals surface area contributed by atoms with Gasteiger partial charge in [0.25, 0.3) is 0 Å². The maximum absolute atomic E-state index is 13.1. The van der Waals surface area contributed by atoms with Crippen molar-refractivity contribution in [1.82, 2.24) is 0 Å². The van der Waals surface area contributed by atoms with Gasteiger partial charge < -0.3 is 4.55 Å². The Bertz CT molecular complexity index is 750. The standard InChI is InChI=1S/C8HF17O4S/c9-1(10,3(13,14)5(17,18)7(21,22)30(26,27)28)2(11,12)4(15,16)6(19,20)29-8(23,24)25/h(H,26,27,28)/p-1. The Balaban J connectivity index is 6.77. The molecule has 0 bridgehead atoms. The fourth-order valence-corrected chi connectivity index (χ4v) is 1.77. The van der Waals surface area contributed by atoms with E-state index in [0.29, 0.717) is 0 Å². The van der Waals surface area contributed by atoms with Gasteiger partial charge >= 0.3 is 47.3 Å². The summed E-state index contributed by atoms with van der Waals surface area (Å²) >= 11 is 0. The molecule has 0 saturated heterocycles. The Morgan fingerprint density at radius 3 is 1.03 bits per heavy atom. The predicted molar refractivity (Wildman–Crippen MR) is 51.5 cm³/mol. The molecule has 0 saturated carbocycles. The fraction of sp³-hybridized carbons (Fsp3) is 1.00. The maximum Gasteiger partial charge on any atom is 0.527 e. The third kappa shape index (κ3) is 3.84. The van der Waals surface area contributed by atoms with Crippen molar-refractivity contribution in [2.75, 3.05) is 0 Å². The zero-order chi connectivity index (χ0) is 25.2. The van der Waals surface area contributed by atoms with Crippen LogP contribution < -0.4 is 0 Å². The van der Waals surface area contributed by atoms with Crippen LogP contribution in [-0.2, 0) is 14.9 Å². The lowest BCUT2D eigenvalue weighted by atomic mass is 9.93. The minimum Gasteiger partial charge on any atom is -0.743 e. The summed E-state index contributed by atoms with van der Waals surface area (Å²) in [6.07, 6.45) is -15.0. The first kappa shape index (κ1) is 28.7. The van der Waals surface area contributed by atoms with Crippen molar-refractivity contribution in [3.8, 4) is 0 Å². The van der Waals surface area contributed by atoms with E-state index in [2.05, 4.69) is 0 Å². The Hall–Kier alpha value is -1.32. The summed E-state index contributed by atoms with van der Waals surface area (Å²) in [6, 6.07) is 0. The van der Waals surface area contributed by atoms with Crippen LogP contribution in [0.15, 0.2) is 0 Å². The normalized spacial score (nSPS) is 16.7. The van der Waals surface area contributed by atoms with Crippen LogP contribution in [0.4, 0.5) is 74.6 Å². The molecule has 0 unspecified atom stereocenters. The first-order chi connectivity index (χ1) is 12.5. The molecule has 0 aliphatic rings. The van der Waals surface area contributed by atoms with E-state index in [1.54, 1.807) is 0 Å². The summed E-state index contributed by atoms with van der Waals surface area (Å²) in [6.45, 7) is 0. The van der Waals surface area contributed by atoms with Crippen LogP contribution in [0.5, 0.6) is 0 Å². The topological polar surface area (TPSA) is 66.4 Å². The Morgan fingerprint density at radius 2 is 0.767 bits per heavy atom. The van der Waals surface area contributed by atoms with Gasteiger partial charge in [-0.3, -0.25) is 0 Å². The minimum atomic E-state index is -8.86. The van der Waals surface area contributed by atoms with E-state index in [1.807, 2.05) is 0 Å². The highest BCUT2D eigenvalue weighted by Gasteiger charge is 2.94. The summed E-state index contributed by atoms with van der Waals surface area (Å²) in [7, 11) is -8.14. The highest BCUT2D eigenvalue weighted by Crippen LogP contribution is 2.63. The summed E-state index contributed by atoms with van der Waals surface area (Å²) in [5.41, 5.74) is 0. The van der Waals surface area contributed by atoms with E-state index in [9.17, 15) is 87.6 Å². The Labute approximate surface area is 151 Å². The van der Waals surface area contributed by atoms with Crippen LogP contribution in [0.2, 0.25) is 0 Å². The van der Waals surface area contributed by atoms with E-state index in [-0.39, 0.29) is 0 Å². The number of rotatable bonds is 8. The number of ether oxygens (including phenoxy) is 1. The average Bonchev–Trinajstić information content (AvgIpc) is 2.41. The van der Waals surface area contributed by atoms with E-state index in [0.717, 1.165) is 4.74 Å². The molecule has 0 aromatic heterocycles. The third-order valence-corrected chi connectivity index (χ3v) is 3.75. The van der Waals surface area contributed by atoms with Crippen molar-refractivity contribution in [3.63, 3.8) is 0 Å². The number of hydrogen-bond donors (Lipinski definition) is 0. The molecule has 30 heavy (non-hydrogen) atoms. The van der Waals surface area contributed by atoms with Crippen LogP contribution in [-0.4, -0.2) is 60.3 Å². The monoisotopic (exact) mass is 515 g/mol. The quantitative estimate of drug-likeness (QED) is 0.355.